The lowest BCUT2D eigenvalue weighted by atomic mass is 9.50. The third kappa shape index (κ3) is 1.62. The van der Waals surface area contributed by atoms with Crippen LogP contribution in [0.25, 0.3) is 0 Å². The SMILES string of the molecule is O=C1C=C[C@]23OC[N+]4(Cc5ccccc5)CC[C@@]25c2c(ccc(O)c2O[C@@H]15)C[C@H]34. The van der Waals surface area contributed by atoms with Gasteiger partial charge in [0.2, 0.25) is 0 Å². The van der Waals surface area contributed by atoms with Crippen molar-refractivity contribution in [3.05, 3.63) is 71.3 Å². The summed E-state index contributed by atoms with van der Waals surface area (Å²) in [5.74, 6) is 0.611. The molecule has 0 saturated carbocycles. The molecule has 5 nitrogen and oxygen atoms in total. The normalized spacial score (nSPS) is 39.9. The number of ketones is 1. The van der Waals surface area contributed by atoms with Crippen molar-refractivity contribution in [1.29, 1.82) is 0 Å². The van der Waals surface area contributed by atoms with Crippen molar-refractivity contribution in [2.75, 3.05) is 13.3 Å². The second-order valence-corrected chi connectivity index (χ2v) is 9.28. The highest BCUT2D eigenvalue weighted by molar-refractivity contribution is 5.99. The second-order valence-electron chi connectivity index (χ2n) is 9.28. The van der Waals surface area contributed by atoms with Gasteiger partial charge in [-0.15, -0.1) is 0 Å². The average Bonchev–Trinajstić information content (AvgIpc) is 3.19. The zero-order valence-electron chi connectivity index (χ0n) is 16.0. The number of phenolic OH excluding ortho intramolecular Hbond substituents is 1. The Labute approximate surface area is 168 Å². The van der Waals surface area contributed by atoms with E-state index < -0.39 is 17.1 Å². The molecule has 7 rings (SSSR count). The maximum Gasteiger partial charge on any atom is 0.197 e. The fraction of sp³-hybridized carbons (Fsp3) is 0.375. The molecule has 2 fully saturated rings. The molecule has 0 amide bonds. The van der Waals surface area contributed by atoms with E-state index in [0.29, 0.717) is 12.5 Å². The van der Waals surface area contributed by atoms with Gasteiger partial charge in [-0.05, 0) is 23.8 Å². The van der Waals surface area contributed by atoms with Gasteiger partial charge in [0.1, 0.15) is 12.6 Å². The van der Waals surface area contributed by atoms with Crippen LogP contribution in [0.1, 0.15) is 23.1 Å². The van der Waals surface area contributed by atoms with Crippen molar-refractivity contribution < 1.29 is 23.9 Å². The second kappa shape index (κ2) is 4.91. The van der Waals surface area contributed by atoms with Crippen LogP contribution in [0.3, 0.4) is 0 Å². The molecule has 146 valence electrons. The van der Waals surface area contributed by atoms with E-state index in [0.717, 1.165) is 36.0 Å². The molecule has 4 bridgehead atoms. The number of carbonyl (C=O) groups is 1. The van der Waals surface area contributed by atoms with Gasteiger partial charge in [0.15, 0.2) is 35.7 Å². The topological polar surface area (TPSA) is 55.8 Å². The van der Waals surface area contributed by atoms with Crippen LogP contribution in [0, 0.1) is 0 Å². The van der Waals surface area contributed by atoms with Crippen LogP contribution < -0.4 is 4.74 Å². The molecule has 2 spiro atoms. The highest BCUT2D eigenvalue weighted by atomic mass is 16.5. The Morgan fingerprint density at radius 1 is 1.17 bits per heavy atom. The molecule has 29 heavy (non-hydrogen) atoms. The van der Waals surface area contributed by atoms with Crippen LogP contribution in [0.4, 0.5) is 0 Å². The van der Waals surface area contributed by atoms with Crippen molar-refractivity contribution in [3.63, 3.8) is 0 Å². The summed E-state index contributed by atoms with van der Waals surface area (Å²) >= 11 is 0. The Morgan fingerprint density at radius 2 is 2.03 bits per heavy atom. The van der Waals surface area contributed by atoms with E-state index in [1.54, 1.807) is 12.1 Å². The molecule has 1 unspecified atom stereocenters. The number of aromatic hydroxyl groups is 1. The molecule has 0 aromatic heterocycles. The maximum atomic E-state index is 12.9. The Hall–Kier alpha value is -2.63. The Morgan fingerprint density at radius 3 is 2.90 bits per heavy atom. The number of ether oxygens (including phenoxy) is 2. The summed E-state index contributed by atoms with van der Waals surface area (Å²) in [6.07, 6.45) is 4.78. The van der Waals surface area contributed by atoms with Crippen molar-refractivity contribution in [2.45, 2.75) is 42.5 Å². The molecule has 0 radical (unpaired) electrons. The fourth-order valence-corrected chi connectivity index (χ4v) is 7.10. The highest BCUT2D eigenvalue weighted by Crippen LogP contribution is 2.68. The predicted molar refractivity (Wildman–Crippen MR) is 104 cm³/mol. The van der Waals surface area contributed by atoms with Gasteiger partial charge in [0.25, 0.3) is 0 Å². The Kier molecular flexibility index (Phi) is 2.75. The summed E-state index contributed by atoms with van der Waals surface area (Å²) in [7, 11) is 0. The molecule has 5 atom stereocenters. The van der Waals surface area contributed by atoms with E-state index in [-0.39, 0.29) is 17.6 Å². The Balaban J connectivity index is 1.47. The minimum absolute atomic E-state index is 0.0172. The van der Waals surface area contributed by atoms with E-state index in [4.69, 9.17) is 9.47 Å². The minimum atomic E-state index is -0.602. The summed E-state index contributed by atoms with van der Waals surface area (Å²) in [6.45, 7) is 2.51. The molecule has 5 heteroatoms. The molecular weight excluding hydrogens is 366 g/mol. The lowest BCUT2D eigenvalue weighted by molar-refractivity contribution is -0.964. The van der Waals surface area contributed by atoms with Crippen LogP contribution >= 0.6 is 0 Å². The monoisotopic (exact) mass is 388 g/mol. The van der Waals surface area contributed by atoms with E-state index in [9.17, 15) is 9.90 Å². The number of quaternary nitrogens is 1. The quantitative estimate of drug-likeness (QED) is 0.804. The van der Waals surface area contributed by atoms with Gasteiger partial charge >= 0.3 is 0 Å². The molecule has 2 aromatic carbocycles. The van der Waals surface area contributed by atoms with Crippen LogP contribution in [0.15, 0.2) is 54.6 Å². The van der Waals surface area contributed by atoms with Crippen molar-refractivity contribution in [3.8, 4) is 11.5 Å². The summed E-state index contributed by atoms with van der Waals surface area (Å²) in [4.78, 5) is 12.9. The molecule has 5 aliphatic rings. The van der Waals surface area contributed by atoms with Gasteiger partial charge in [-0.25, -0.2) is 0 Å². The van der Waals surface area contributed by atoms with Crippen LogP contribution in [-0.4, -0.2) is 46.4 Å². The number of carbonyl (C=O) groups excluding carboxylic acids is 1. The number of benzene rings is 2. The first-order valence-electron chi connectivity index (χ1n) is 10.4. The smallest absolute Gasteiger partial charge is 0.197 e. The van der Waals surface area contributed by atoms with Gasteiger partial charge in [-0.3, -0.25) is 9.28 Å². The van der Waals surface area contributed by atoms with Gasteiger partial charge in [-0.1, -0.05) is 36.4 Å². The lowest BCUT2D eigenvalue weighted by Gasteiger charge is -2.58. The summed E-state index contributed by atoms with van der Waals surface area (Å²) in [5.41, 5.74) is 2.46. The molecule has 2 aliphatic carbocycles. The first-order valence-corrected chi connectivity index (χ1v) is 10.4. The van der Waals surface area contributed by atoms with E-state index in [1.807, 2.05) is 12.1 Å². The third-order valence-corrected chi connectivity index (χ3v) is 8.23. The average molecular weight is 388 g/mol. The molecule has 3 heterocycles. The molecular formula is C24H22NO4+. The first kappa shape index (κ1) is 16.2. The van der Waals surface area contributed by atoms with Gasteiger partial charge < -0.3 is 14.6 Å². The molecule has 3 aliphatic heterocycles. The van der Waals surface area contributed by atoms with E-state index >= 15 is 0 Å². The molecule has 2 aromatic rings. The highest BCUT2D eigenvalue weighted by Gasteiger charge is 2.80. The van der Waals surface area contributed by atoms with Crippen LogP contribution in [-0.2, 0) is 27.9 Å². The number of piperidine rings is 1. The number of hydrogen-bond donors (Lipinski definition) is 1. The predicted octanol–water partition coefficient (Wildman–Crippen LogP) is 2.60. The first-order chi connectivity index (χ1) is 14.1. The largest absolute Gasteiger partial charge is 0.504 e. The van der Waals surface area contributed by atoms with Crippen molar-refractivity contribution >= 4 is 5.78 Å². The van der Waals surface area contributed by atoms with E-state index in [2.05, 4.69) is 30.3 Å². The van der Waals surface area contributed by atoms with Crippen LogP contribution in [0.5, 0.6) is 11.5 Å². The zero-order valence-corrected chi connectivity index (χ0v) is 16.0. The number of phenols is 1. The summed E-state index contributed by atoms with van der Waals surface area (Å²) in [6, 6.07) is 14.6. The van der Waals surface area contributed by atoms with Gasteiger partial charge in [0.05, 0.1) is 12.0 Å². The van der Waals surface area contributed by atoms with Crippen LogP contribution in [0.2, 0.25) is 0 Å². The zero-order chi connectivity index (χ0) is 19.4. The third-order valence-electron chi connectivity index (χ3n) is 8.23. The number of nitrogens with zero attached hydrogens (tertiary/aromatic N) is 1. The fourth-order valence-electron chi connectivity index (χ4n) is 7.10. The Bertz CT molecular complexity index is 1110. The number of rotatable bonds is 2. The lowest BCUT2D eigenvalue weighted by Crippen LogP contribution is -2.75. The molecule has 1 N–H and O–H groups in total. The van der Waals surface area contributed by atoms with Gasteiger partial charge in [-0.2, -0.15) is 0 Å². The standard InChI is InChI=1S/C24H21NO4/c26-17-7-6-16-12-19-24-9-8-18(27)22-23(24,20(16)21(17)29-22)10-11-25(19,14-28-24)13-15-4-2-1-3-5-15/h1-9,19,22H,10-14H2/p+1/t19-,22+,23+,24-,25?/m1/s1. The van der Waals surface area contributed by atoms with Gasteiger partial charge in [0, 0.05) is 24.0 Å². The molecule has 2 saturated heterocycles. The van der Waals surface area contributed by atoms with Crippen molar-refractivity contribution in [2.24, 2.45) is 0 Å². The maximum absolute atomic E-state index is 12.9. The summed E-state index contributed by atoms with van der Waals surface area (Å²) in [5, 5.41) is 10.5. The number of hydrogen-bond acceptors (Lipinski definition) is 4. The summed E-state index contributed by atoms with van der Waals surface area (Å²) < 4.78 is 13.8. The van der Waals surface area contributed by atoms with Crippen molar-refractivity contribution in [1.82, 2.24) is 0 Å². The van der Waals surface area contributed by atoms with E-state index in [1.165, 1.54) is 11.1 Å². The minimum Gasteiger partial charge on any atom is -0.504 e.